The molecule has 0 spiro atoms. The minimum Gasteiger partial charge on any atom is -0.497 e. The molecule has 2 aromatic heterocycles. The average molecular weight is 418 g/mol. The summed E-state index contributed by atoms with van der Waals surface area (Å²) in [7, 11) is 1.65. The van der Waals surface area contributed by atoms with Crippen molar-refractivity contribution < 1.29 is 9.53 Å². The minimum absolute atomic E-state index is 0.0721. The Morgan fingerprint density at radius 3 is 2.89 bits per heavy atom. The summed E-state index contributed by atoms with van der Waals surface area (Å²) in [6.07, 6.45) is 0.976. The lowest BCUT2D eigenvalue weighted by Gasteiger charge is -2.07. The third kappa shape index (κ3) is 4.71. The van der Waals surface area contributed by atoms with Crippen molar-refractivity contribution in [1.82, 2.24) is 20.0 Å². The average Bonchev–Trinajstić information content (AvgIpc) is 3.24. The number of carbonyl (C=O) groups is 1. The van der Waals surface area contributed by atoms with Crippen LogP contribution in [-0.2, 0) is 11.2 Å². The van der Waals surface area contributed by atoms with Crippen LogP contribution in [0.1, 0.15) is 30.3 Å². The van der Waals surface area contributed by atoms with Crippen molar-refractivity contribution in [2.45, 2.75) is 38.0 Å². The predicted molar refractivity (Wildman–Crippen MR) is 113 cm³/mol. The number of hydrogen-bond donors (Lipinski definition) is 1. The minimum atomic E-state index is -0.0721. The molecule has 1 aromatic carbocycles. The van der Waals surface area contributed by atoms with Gasteiger partial charge in [-0.05, 0) is 43.7 Å². The third-order valence-electron chi connectivity index (χ3n) is 4.26. The molecule has 0 bridgehead atoms. The number of rotatable bonds is 8. The quantitative estimate of drug-likeness (QED) is 0.440. The second kappa shape index (κ2) is 9.20. The highest BCUT2D eigenvalue weighted by Crippen LogP contribution is 2.25. The van der Waals surface area contributed by atoms with Crippen molar-refractivity contribution in [3.63, 3.8) is 0 Å². The molecule has 3 rings (SSSR count). The smallest absolute Gasteiger partial charge is 0.226 e. The van der Waals surface area contributed by atoms with Crippen molar-refractivity contribution in [1.29, 1.82) is 0 Å². The highest BCUT2D eigenvalue weighted by atomic mass is 32.2. The largest absolute Gasteiger partial charge is 0.497 e. The predicted octanol–water partition coefficient (Wildman–Crippen LogP) is 4.03. The van der Waals surface area contributed by atoms with Crippen LogP contribution < -0.4 is 10.1 Å². The number of benzene rings is 1. The molecule has 3 aromatic rings. The molecule has 0 aliphatic heterocycles. The number of thioether (sulfide) groups is 1. The Hall–Kier alpha value is -2.39. The topological polar surface area (TPSA) is 81.9 Å². The van der Waals surface area contributed by atoms with E-state index in [9.17, 15) is 4.79 Å². The van der Waals surface area contributed by atoms with E-state index in [1.807, 2.05) is 42.8 Å². The van der Waals surface area contributed by atoms with E-state index in [0.29, 0.717) is 18.0 Å². The van der Waals surface area contributed by atoms with Gasteiger partial charge in [0.2, 0.25) is 11.0 Å². The first-order valence-corrected chi connectivity index (χ1v) is 10.8. The Morgan fingerprint density at radius 2 is 2.14 bits per heavy atom. The Balaban J connectivity index is 1.67. The maximum atomic E-state index is 12.3. The lowest BCUT2D eigenvalue weighted by atomic mass is 10.1. The van der Waals surface area contributed by atoms with Crippen molar-refractivity contribution in [3.8, 4) is 11.4 Å². The van der Waals surface area contributed by atoms with Crippen LogP contribution in [0.25, 0.3) is 5.69 Å². The number of anilines is 1. The second-order valence-corrected chi connectivity index (χ2v) is 8.61. The molecule has 148 valence electrons. The van der Waals surface area contributed by atoms with Crippen molar-refractivity contribution >= 4 is 34.1 Å². The summed E-state index contributed by atoms with van der Waals surface area (Å²) in [5.74, 6) is 1.64. The Kier molecular flexibility index (Phi) is 6.69. The molecule has 1 amide bonds. The van der Waals surface area contributed by atoms with Gasteiger partial charge in [-0.2, -0.15) is 5.10 Å². The summed E-state index contributed by atoms with van der Waals surface area (Å²) >= 11 is 3.01. The van der Waals surface area contributed by atoms with E-state index in [-0.39, 0.29) is 5.91 Å². The van der Waals surface area contributed by atoms with Gasteiger partial charge in [0.05, 0.1) is 18.5 Å². The van der Waals surface area contributed by atoms with Crippen LogP contribution in [0.5, 0.6) is 5.75 Å². The molecule has 9 heteroatoms. The number of nitrogens with zero attached hydrogens (tertiary/aromatic N) is 4. The van der Waals surface area contributed by atoms with Gasteiger partial charge in [-0.25, -0.2) is 4.68 Å². The Bertz CT molecular complexity index is 967. The molecule has 2 heterocycles. The van der Waals surface area contributed by atoms with Crippen LogP contribution in [-0.4, -0.2) is 38.7 Å². The van der Waals surface area contributed by atoms with E-state index in [0.717, 1.165) is 38.5 Å². The standard InChI is InChI=1S/C19H23N5O2S2/c1-5-27-19-22-21-18(28-19)20-17(25)10-9-16-12(2)23-24(13(16)3)14-7-6-8-15(11-14)26-4/h6-8,11H,5,9-10H2,1-4H3,(H,20,21,25). The van der Waals surface area contributed by atoms with E-state index in [1.54, 1.807) is 18.9 Å². The maximum Gasteiger partial charge on any atom is 0.226 e. The molecule has 0 aliphatic rings. The van der Waals surface area contributed by atoms with E-state index in [1.165, 1.54) is 11.3 Å². The Morgan fingerprint density at radius 1 is 1.32 bits per heavy atom. The first-order chi connectivity index (χ1) is 13.5. The van der Waals surface area contributed by atoms with E-state index in [4.69, 9.17) is 4.74 Å². The summed E-state index contributed by atoms with van der Waals surface area (Å²) in [6.45, 7) is 6.04. The molecular formula is C19H23N5O2S2. The van der Waals surface area contributed by atoms with Gasteiger partial charge in [-0.3, -0.25) is 4.79 Å². The lowest BCUT2D eigenvalue weighted by Crippen LogP contribution is -2.12. The number of hydrogen-bond acceptors (Lipinski definition) is 7. The van der Waals surface area contributed by atoms with Crippen LogP contribution in [0, 0.1) is 13.8 Å². The molecule has 1 N–H and O–H groups in total. The van der Waals surface area contributed by atoms with Gasteiger partial charge in [0.1, 0.15) is 5.75 Å². The number of methoxy groups -OCH3 is 1. The number of amides is 1. The number of aromatic nitrogens is 4. The Labute approximate surface area is 172 Å². The van der Waals surface area contributed by atoms with Crippen molar-refractivity contribution in [3.05, 3.63) is 41.2 Å². The van der Waals surface area contributed by atoms with Crippen molar-refractivity contribution in [2.24, 2.45) is 0 Å². The molecule has 0 atom stereocenters. The summed E-state index contributed by atoms with van der Waals surface area (Å²) in [4.78, 5) is 12.3. The zero-order valence-electron chi connectivity index (χ0n) is 16.4. The highest BCUT2D eigenvalue weighted by molar-refractivity contribution is 8.01. The van der Waals surface area contributed by atoms with Crippen LogP contribution in [0.3, 0.4) is 0 Å². The normalized spacial score (nSPS) is 10.9. The van der Waals surface area contributed by atoms with Crippen LogP contribution >= 0.6 is 23.1 Å². The molecule has 7 nitrogen and oxygen atoms in total. The van der Waals surface area contributed by atoms with Gasteiger partial charge in [-0.1, -0.05) is 36.1 Å². The number of nitrogens with one attached hydrogen (secondary N) is 1. The van der Waals surface area contributed by atoms with Gasteiger partial charge in [0.15, 0.2) is 4.34 Å². The zero-order chi connectivity index (χ0) is 20.1. The number of aryl methyl sites for hydroxylation is 1. The monoisotopic (exact) mass is 417 g/mol. The fourth-order valence-electron chi connectivity index (χ4n) is 2.89. The number of carbonyl (C=O) groups excluding carboxylic acids is 1. The maximum absolute atomic E-state index is 12.3. The summed E-state index contributed by atoms with van der Waals surface area (Å²) in [5, 5.41) is 16.1. The van der Waals surface area contributed by atoms with Gasteiger partial charge in [0, 0.05) is 18.2 Å². The van der Waals surface area contributed by atoms with E-state index >= 15 is 0 Å². The van der Waals surface area contributed by atoms with E-state index in [2.05, 4.69) is 27.5 Å². The fraction of sp³-hybridized carbons (Fsp3) is 0.368. The number of ether oxygens (including phenoxy) is 1. The highest BCUT2D eigenvalue weighted by Gasteiger charge is 2.15. The first kappa shape index (κ1) is 20.3. The zero-order valence-corrected chi connectivity index (χ0v) is 18.0. The van der Waals surface area contributed by atoms with Crippen molar-refractivity contribution in [2.75, 3.05) is 18.2 Å². The lowest BCUT2D eigenvalue weighted by molar-refractivity contribution is -0.116. The van der Waals surface area contributed by atoms with Gasteiger partial charge in [0.25, 0.3) is 0 Å². The van der Waals surface area contributed by atoms with Crippen LogP contribution in [0.4, 0.5) is 5.13 Å². The second-order valence-electron chi connectivity index (χ2n) is 6.12. The van der Waals surface area contributed by atoms with Crippen LogP contribution in [0.2, 0.25) is 0 Å². The van der Waals surface area contributed by atoms with Crippen LogP contribution in [0.15, 0.2) is 28.6 Å². The summed E-state index contributed by atoms with van der Waals surface area (Å²) in [5.41, 5.74) is 3.96. The van der Waals surface area contributed by atoms with Gasteiger partial charge in [-0.15, -0.1) is 10.2 Å². The fourth-order valence-corrected chi connectivity index (χ4v) is 4.56. The molecule has 28 heavy (non-hydrogen) atoms. The first-order valence-electron chi connectivity index (χ1n) is 8.97. The van der Waals surface area contributed by atoms with E-state index < -0.39 is 0 Å². The molecule has 0 saturated heterocycles. The molecule has 0 fully saturated rings. The summed E-state index contributed by atoms with van der Waals surface area (Å²) in [6, 6.07) is 7.76. The van der Waals surface area contributed by atoms with Gasteiger partial charge >= 0.3 is 0 Å². The molecule has 0 unspecified atom stereocenters. The molecule has 0 aliphatic carbocycles. The molecular weight excluding hydrogens is 394 g/mol. The SMILES string of the molecule is CCSc1nnc(NC(=O)CCc2c(C)nn(-c3cccc(OC)c3)c2C)s1. The summed E-state index contributed by atoms with van der Waals surface area (Å²) < 4.78 is 8.06. The molecule has 0 radical (unpaired) electrons. The molecule has 0 saturated carbocycles. The third-order valence-corrected chi connectivity index (χ3v) is 6.12. The van der Waals surface area contributed by atoms with Gasteiger partial charge < -0.3 is 10.1 Å².